The fourth-order valence-electron chi connectivity index (χ4n) is 0.630. The molecule has 0 saturated heterocycles. The van der Waals surface area contributed by atoms with Gasteiger partial charge in [0.05, 0.1) is 0 Å². The Morgan fingerprint density at radius 1 is 1.40 bits per heavy atom. The lowest BCUT2D eigenvalue weighted by Gasteiger charge is -2.22. The second-order valence-corrected chi connectivity index (χ2v) is 4.98. The molecule has 3 nitrogen and oxygen atoms in total. The normalized spacial score (nSPS) is 14.9. The van der Waals surface area contributed by atoms with Crippen LogP contribution in [0.1, 0.15) is 20.8 Å². The molecule has 2 N–H and O–H groups in total. The van der Waals surface area contributed by atoms with Crippen LogP contribution in [0.3, 0.4) is 0 Å². The Morgan fingerprint density at radius 2 is 1.87 bits per heavy atom. The van der Waals surface area contributed by atoms with Crippen molar-refractivity contribution in [1.29, 1.82) is 0 Å². The van der Waals surface area contributed by atoms with Crippen LogP contribution in [0.15, 0.2) is 0 Å². The van der Waals surface area contributed by atoms with Crippen LogP contribution >= 0.6 is 11.8 Å². The van der Waals surface area contributed by atoms with Gasteiger partial charge in [-0.1, -0.05) is 0 Å². The quantitative estimate of drug-likeness (QED) is 0.772. The minimum Gasteiger partial charge on any atom is -0.459 e. The van der Waals surface area contributed by atoms with Crippen molar-refractivity contribution < 1.29 is 22.7 Å². The molecule has 0 fully saturated rings. The summed E-state index contributed by atoms with van der Waals surface area (Å²) in [7, 11) is 0. The number of alkyl halides is 3. The van der Waals surface area contributed by atoms with E-state index in [1.165, 1.54) is 0 Å². The summed E-state index contributed by atoms with van der Waals surface area (Å²) in [6.07, 6.45) is 0. The molecule has 0 aromatic carbocycles. The van der Waals surface area contributed by atoms with Crippen LogP contribution in [0.5, 0.6) is 0 Å². The van der Waals surface area contributed by atoms with Crippen molar-refractivity contribution >= 4 is 17.7 Å². The summed E-state index contributed by atoms with van der Waals surface area (Å²) in [5, 5.41) is 0. The fourth-order valence-corrected chi connectivity index (χ4v) is 1.13. The Kier molecular flexibility index (Phi) is 4.92. The smallest absolute Gasteiger partial charge is 0.441 e. The van der Waals surface area contributed by atoms with E-state index in [0.717, 1.165) is 0 Å². The highest BCUT2D eigenvalue weighted by Gasteiger charge is 2.31. The molecule has 0 bridgehead atoms. The van der Waals surface area contributed by atoms with Crippen LogP contribution in [0.25, 0.3) is 0 Å². The number of hydrogen-bond donors (Lipinski definition) is 1. The lowest BCUT2D eigenvalue weighted by molar-refractivity contribution is -0.155. The van der Waals surface area contributed by atoms with Gasteiger partial charge in [0.2, 0.25) is 0 Å². The average Bonchev–Trinajstić information content (AvgIpc) is 1.95. The summed E-state index contributed by atoms with van der Waals surface area (Å²) in [5.41, 5.74) is 0.122. The Balaban J connectivity index is 4.01. The van der Waals surface area contributed by atoms with Gasteiger partial charge in [0, 0.05) is 5.75 Å². The maximum atomic E-state index is 11.8. The van der Waals surface area contributed by atoms with Crippen molar-refractivity contribution in [2.45, 2.75) is 37.9 Å². The number of nitrogens with two attached hydrogens (primary N) is 1. The van der Waals surface area contributed by atoms with E-state index < -0.39 is 28.9 Å². The third-order valence-corrected chi connectivity index (χ3v) is 1.99. The molecule has 0 amide bonds. The minimum atomic E-state index is -4.38. The zero-order chi connectivity index (χ0) is 12.3. The first-order chi connectivity index (χ1) is 6.51. The van der Waals surface area contributed by atoms with Crippen molar-refractivity contribution in [3.8, 4) is 0 Å². The molecule has 0 saturated carbocycles. The van der Waals surface area contributed by atoms with Gasteiger partial charge in [0.15, 0.2) is 0 Å². The molecule has 0 spiro atoms. The highest BCUT2D eigenvalue weighted by Crippen LogP contribution is 2.30. The van der Waals surface area contributed by atoms with Crippen LogP contribution in [0.4, 0.5) is 13.2 Å². The van der Waals surface area contributed by atoms with Crippen LogP contribution in [0, 0.1) is 0 Å². The van der Waals surface area contributed by atoms with Gasteiger partial charge in [-0.05, 0) is 32.5 Å². The molecule has 0 aliphatic rings. The standard InChI is InChI=1S/C8H14F3NO2S/c1-7(2,3)14-6(13)5(12)4-15-8(9,10)11/h5H,4,12H2,1-3H3. The minimum absolute atomic E-state index is 0.330. The summed E-state index contributed by atoms with van der Waals surface area (Å²) in [5.74, 6) is -1.35. The molecule has 7 heteroatoms. The van der Waals surface area contributed by atoms with E-state index >= 15 is 0 Å². The molecule has 1 atom stereocenters. The molecule has 0 aromatic heterocycles. The van der Waals surface area contributed by atoms with Crippen molar-refractivity contribution in [2.75, 3.05) is 5.75 Å². The first-order valence-electron chi connectivity index (χ1n) is 4.20. The number of esters is 1. The second-order valence-electron chi connectivity index (χ2n) is 3.90. The van der Waals surface area contributed by atoms with Gasteiger partial charge >= 0.3 is 11.5 Å². The fraction of sp³-hybridized carbons (Fsp3) is 0.875. The number of thioether (sulfide) groups is 1. The van der Waals surface area contributed by atoms with Gasteiger partial charge in [-0.25, -0.2) is 0 Å². The average molecular weight is 245 g/mol. The SMILES string of the molecule is CC(C)(C)OC(=O)C(N)CSC(F)(F)F. The van der Waals surface area contributed by atoms with E-state index in [-0.39, 0.29) is 11.8 Å². The second kappa shape index (κ2) is 5.07. The Morgan fingerprint density at radius 3 is 2.20 bits per heavy atom. The monoisotopic (exact) mass is 245 g/mol. The summed E-state index contributed by atoms with van der Waals surface area (Å²) in [4.78, 5) is 11.1. The third kappa shape index (κ3) is 8.56. The first kappa shape index (κ1) is 14.6. The van der Waals surface area contributed by atoms with E-state index in [1.54, 1.807) is 20.8 Å². The molecule has 0 heterocycles. The van der Waals surface area contributed by atoms with E-state index in [9.17, 15) is 18.0 Å². The van der Waals surface area contributed by atoms with Crippen molar-refractivity contribution in [3.63, 3.8) is 0 Å². The van der Waals surface area contributed by atoms with Crippen LogP contribution in [-0.4, -0.2) is 28.9 Å². The molecule has 0 aliphatic carbocycles. The number of ether oxygens (including phenoxy) is 1. The molecule has 0 aliphatic heterocycles. The third-order valence-electron chi connectivity index (χ3n) is 1.14. The van der Waals surface area contributed by atoms with Crippen LogP contribution < -0.4 is 5.73 Å². The molecule has 15 heavy (non-hydrogen) atoms. The zero-order valence-corrected chi connectivity index (χ0v) is 9.54. The lowest BCUT2D eigenvalue weighted by Crippen LogP contribution is -2.39. The summed E-state index contributed by atoms with van der Waals surface area (Å²) in [6.45, 7) is 4.86. The van der Waals surface area contributed by atoms with Gasteiger partial charge in [0.25, 0.3) is 0 Å². The number of carbonyl (C=O) groups is 1. The zero-order valence-electron chi connectivity index (χ0n) is 8.72. The van der Waals surface area contributed by atoms with Crippen LogP contribution in [0.2, 0.25) is 0 Å². The maximum Gasteiger partial charge on any atom is 0.441 e. The van der Waals surface area contributed by atoms with Crippen molar-refractivity contribution in [2.24, 2.45) is 5.73 Å². The Bertz CT molecular complexity index is 225. The number of halogens is 3. The first-order valence-corrected chi connectivity index (χ1v) is 5.19. The molecular weight excluding hydrogens is 231 g/mol. The Hall–Kier alpha value is -0.430. The summed E-state index contributed by atoms with van der Waals surface area (Å²) in [6, 6.07) is -1.25. The van der Waals surface area contributed by atoms with Gasteiger partial charge < -0.3 is 10.5 Å². The van der Waals surface area contributed by atoms with Gasteiger partial charge in [-0.3, -0.25) is 4.79 Å². The number of carbonyl (C=O) groups excluding carboxylic acids is 1. The van der Waals surface area contributed by atoms with Crippen molar-refractivity contribution in [1.82, 2.24) is 0 Å². The highest BCUT2D eigenvalue weighted by molar-refractivity contribution is 8.00. The summed E-state index contributed by atoms with van der Waals surface area (Å²) >= 11 is -0.330. The van der Waals surface area contributed by atoms with Crippen molar-refractivity contribution in [3.05, 3.63) is 0 Å². The predicted octanol–water partition coefficient (Wildman–Crippen LogP) is 1.91. The molecule has 90 valence electrons. The highest BCUT2D eigenvalue weighted by atomic mass is 32.2. The van der Waals surface area contributed by atoms with E-state index in [0.29, 0.717) is 0 Å². The molecule has 0 radical (unpaired) electrons. The van der Waals surface area contributed by atoms with E-state index in [4.69, 9.17) is 10.5 Å². The number of hydrogen-bond acceptors (Lipinski definition) is 4. The molecule has 0 aromatic rings. The van der Waals surface area contributed by atoms with E-state index in [1.807, 2.05) is 0 Å². The van der Waals surface area contributed by atoms with Gasteiger partial charge in [0.1, 0.15) is 11.6 Å². The molecular formula is C8H14F3NO2S. The maximum absolute atomic E-state index is 11.8. The lowest BCUT2D eigenvalue weighted by atomic mass is 10.2. The van der Waals surface area contributed by atoms with Gasteiger partial charge in [-0.2, -0.15) is 13.2 Å². The predicted molar refractivity (Wildman–Crippen MR) is 52.3 cm³/mol. The molecule has 0 rings (SSSR count). The molecule has 1 unspecified atom stereocenters. The van der Waals surface area contributed by atoms with Gasteiger partial charge in [-0.15, -0.1) is 0 Å². The van der Waals surface area contributed by atoms with E-state index in [2.05, 4.69) is 0 Å². The largest absolute Gasteiger partial charge is 0.459 e. The Labute approximate surface area is 90.5 Å². The van der Waals surface area contributed by atoms with Crippen LogP contribution in [-0.2, 0) is 9.53 Å². The topological polar surface area (TPSA) is 52.3 Å². The summed E-state index contributed by atoms with van der Waals surface area (Å²) < 4.78 is 40.1. The number of rotatable bonds is 3.